The first-order valence-electron chi connectivity index (χ1n) is 12.9. The zero-order valence-electron chi connectivity index (χ0n) is 21.1. The fourth-order valence-electron chi connectivity index (χ4n) is 5.34. The van der Waals surface area contributed by atoms with Gasteiger partial charge in [0.05, 0.1) is 5.69 Å². The zero-order chi connectivity index (χ0) is 26.2. The molecule has 1 fully saturated rings. The number of ketones is 1. The summed E-state index contributed by atoms with van der Waals surface area (Å²) >= 11 is 0. The third-order valence-electron chi connectivity index (χ3n) is 7.31. The molecule has 1 saturated carbocycles. The molecule has 2 aliphatic carbocycles. The van der Waals surface area contributed by atoms with E-state index in [1.165, 1.54) is 18.1 Å². The van der Waals surface area contributed by atoms with Gasteiger partial charge in [-0.1, -0.05) is 48.5 Å². The van der Waals surface area contributed by atoms with Crippen LogP contribution in [0, 0.1) is 0 Å². The van der Waals surface area contributed by atoms with Crippen molar-refractivity contribution in [3.05, 3.63) is 82.9 Å². The van der Waals surface area contributed by atoms with Crippen LogP contribution in [0.2, 0.25) is 0 Å². The van der Waals surface area contributed by atoms with Crippen LogP contribution < -0.4 is 10.2 Å². The van der Waals surface area contributed by atoms with E-state index in [0.29, 0.717) is 17.0 Å². The van der Waals surface area contributed by atoms with Crippen molar-refractivity contribution in [1.29, 1.82) is 0 Å². The molecule has 1 aliphatic heterocycles. The number of amides is 2. The Balaban J connectivity index is 1.14. The standard InChI is InChI=1S/C30H28N2O6/c1-18(33)31-27-14-19-16-37-38-29(19)15-25(27)28(34)12-13-32(20-10-11-20)30(35)36-17-26-23-8-4-2-6-21(23)22-7-3-5-9-24(22)26/h2-9,14-15,20,26H,10-13,16-17H2,1H3,(H,31,33). The fraction of sp³-hybridized carbons (Fsp3) is 0.300. The van der Waals surface area contributed by atoms with Crippen molar-refractivity contribution in [3.63, 3.8) is 0 Å². The summed E-state index contributed by atoms with van der Waals surface area (Å²) in [5.74, 6) is -0.0536. The SMILES string of the molecule is CC(=O)Nc1cc2c(cc1C(=O)CCN(C(=O)OCC1c3ccccc3-c3ccccc31)C1CC1)OOC2. The summed E-state index contributed by atoms with van der Waals surface area (Å²) in [7, 11) is 0. The molecule has 0 spiro atoms. The van der Waals surface area contributed by atoms with Crippen LogP contribution in [-0.4, -0.2) is 41.9 Å². The second-order valence-corrected chi connectivity index (χ2v) is 9.93. The molecule has 0 unspecified atom stereocenters. The Hall–Kier alpha value is -4.17. The number of ether oxygens (including phenoxy) is 1. The first-order valence-corrected chi connectivity index (χ1v) is 12.9. The first-order chi connectivity index (χ1) is 18.5. The largest absolute Gasteiger partial charge is 0.448 e. The minimum Gasteiger partial charge on any atom is -0.448 e. The van der Waals surface area contributed by atoms with E-state index in [0.717, 1.165) is 29.5 Å². The highest BCUT2D eigenvalue weighted by atomic mass is 17.2. The third-order valence-corrected chi connectivity index (χ3v) is 7.31. The van der Waals surface area contributed by atoms with Gasteiger partial charge in [-0.2, -0.15) is 4.89 Å². The van der Waals surface area contributed by atoms with Gasteiger partial charge in [0.1, 0.15) is 13.2 Å². The summed E-state index contributed by atoms with van der Waals surface area (Å²) in [4.78, 5) is 50.0. The Morgan fingerprint density at radius 3 is 2.34 bits per heavy atom. The van der Waals surface area contributed by atoms with Gasteiger partial charge in [-0.15, -0.1) is 0 Å². The molecule has 194 valence electrons. The minimum atomic E-state index is -0.407. The predicted octanol–water partition coefficient (Wildman–Crippen LogP) is 5.46. The molecule has 38 heavy (non-hydrogen) atoms. The molecule has 0 atom stereocenters. The highest BCUT2D eigenvalue weighted by molar-refractivity contribution is 6.05. The number of fused-ring (bicyclic) bond motifs is 4. The van der Waals surface area contributed by atoms with E-state index < -0.39 is 6.09 Å². The van der Waals surface area contributed by atoms with Crippen LogP contribution in [0.5, 0.6) is 5.75 Å². The Morgan fingerprint density at radius 1 is 1.00 bits per heavy atom. The molecule has 1 heterocycles. The monoisotopic (exact) mass is 512 g/mol. The van der Waals surface area contributed by atoms with Crippen molar-refractivity contribution in [2.24, 2.45) is 0 Å². The molecule has 0 aromatic heterocycles. The van der Waals surface area contributed by atoms with Crippen molar-refractivity contribution in [1.82, 2.24) is 4.90 Å². The molecule has 0 radical (unpaired) electrons. The summed E-state index contributed by atoms with van der Waals surface area (Å²) in [6, 6.07) is 19.8. The Morgan fingerprint density at radius 2 is 1.68 bits per heavy atom. The highest BCUT2D eigenvalue weighted by Gasteiger charge is 2.35. The maximum absolute atomic E-state index is 13.2. The van der Waals surface area contributed by atoms with Crippen LogP contribution in [0.4, 0.5) is 10.5 Å². The summed E-state index contributed by atoms with van der Waals surface area (Å²) in [6.07, 6.45) is 1.46. The van der Waals surface area contributed by atoms with Crippen LogP contribution in [-0.2, 0) is 21.0 Å². The molecule has 3 aliphatic rings. The van der Waals surface area contributed by atoms with Gasteiger partial charge in [0.2, 0.25) is 5.91 Å². The van der Waals surface area contributed by atoms with Gasteiger partial charge < -0.3 is 19.8 Å². The van der Waals surface area contributed by atoms with Gasteiger partial charge in [0.15, 0.2) is 11.5 Å². The fourth-order valence-corrected chi connectivity index (χ4v) is 5.34. The lowest BCUT2D eigenvalue weighted by molar-refractivity contribution is -0.194. The van der Waals surface area contributed by atoms with Gasteiger partial charge in [0, 0.05) is 43.0 Å². The van der Waals surface area contributed by atoms with Gasteiger partial charge >= 0.3 is 6.09 Å². The van der Waals surface area contributed by atoms with Crippen LogP contribution in [0.15, 0.2) is 60.7 Å². The lowest BCUT2D eigenvalue weighted by atomic mass is 9.98. The molecule has 8 heteroatoms. The number of carbonyl (C=O) groups excluding carboxylic acids is 3. The van der Waals surface area contributed by atoms with Crippen LogP contribution in [0.1, 0.15) is 59.2 Å². The lowest BCUT2D eigenvalue weighted by Gasteiger charge is -2.23. The van der Waals surface area contributed by atoms with Crippen molar-refractivity contribution in [2.75, 3.05) is 18.5 Å². The van der Waals surface area contributed by atoms with Crippen LogP contribution in [0.25, 0.3) is 11.1 Å². The summed E-state index contributed by atoms with van der Waals surface area (Å²) in [6.45, 7) is 2.10. The van der Waals surface area contributed by atoms with Crippen molar-refractivity contribution >= 4 is 23.5 Å². The third kappa shape index (κ3) is 4.63. The van der Waals surface area contributed by atoms with E-state index in [1.54, 1.807) is 17.0 Å². The van der Waals surface area contributed by atoms with E-state index in [1.807, 2.05) is 24.3 Å². The lowest BCUT2D eigenvalue weighted by Crippen LogP contribution is -2.36. The number of carbonyl (C=O) groups is 3. The molecule has 2 amide bonds. The van der Waals surface area contributed by atoms with Gasteiger partial charge in [-0.25, -0.2) is 4.79 Å². The number of Topliss-reactive ketones (excluding diaryl/α,β-unsaturated/α-hetero) is 1. The van der Waals surface area contributed by atoms with E-state index in [9.17, 15) is 14.4 Å². The minimum absolute atomic E-state index is 0.0251. The number of anilines is 1. The van der Waals surface area contributed by atoms with Crippen molar-refractivity contribution < 1.29 is 28.9 Å². The van der Waals surface area contributed by atoms with Gasteiger partial charge in [-0.05, 0) is 47.2 Å². The number of benzene rings is 3. The second-order valence-electron chi connectivity index (χ2n) is 9.93. The van der Waals surface area contributed by atoms with E-state index >= 15 is 0 Å². The number of rotatable bonds is 8. The highest BCUT2D eigenvalue weighted by Crippen LogP contribution is 2.44. The quantitative estimate of drug-likeness (QED) is 0.318. The van der Waals surface area contributed by atoms with Crippen molar-refractivity contribution in [3.8, 4) is 16.9 Å². The molecular weight excluding hydrogens is 484 g/mol. The second kappa shape index (κ2) is 9.95. The topological polar surface area (TPSA) is 94.2 Å². The molecule has 3 aromatic rings. The summed E-state index contributed by atoms with van der Waals surface area (Å²) < 4.78 is 5.86. The normalized spacial score (nSPS) is 15.2. The van der Waals surface area contributed by atoms with Gasteiger partial charge in [0.25, 0.3) is 0 Å². The van der Waals surface area contributed by atoms with Crippen LogP contribution >= 0.6 is 0 Å². The molecule has 6 rings (SSSR count). The predicted molar refractivity (Wildman–Crippen MR) is 140 cm³/mol. The molecule has 3 aromatic carbocycles. The first kappa shape index (κ1) is 24.2. The smallest absolute Gasteiger partial charge is 0.410 e. The van der Waals surface area contributed by atoms with E-state index in [4.69, 9.17) is 14.5 Å². The number of nitrogens with zero attached hydrogens (tertiary/aromatic N) is 1. The number of hydrogen-bond donors (Lipinski definition) is 1. The van der Waals surface area contributed by atoms with Gasteiger partial charge in [-0.3, -0.25) is 9.59 Å². The Labute approximate surface area is 220 Å². The zero-order valence-corrected chi connectivity index (χ0v) is 21.1. The van der Waals surface area contributed by atoms with E-state index in [2.05, 4.69) is 29.6 Å². The molecule has 8 nitrogen and oxygen atoms in total. The maximum atomic E-state index is 13.2. The van der Waals surface area contributed by atoms with Crippen molar-refractivity contribution in [2.45, 2.75) is 44.8 Å². The van der Waals surface area contributed by atoms with E-state index in [-0.39, 0.29) is 49.8 Å². The molecule has 0 bridgehead atoms. The maximum Gasteiger partial charge on any atom is 0.410 e. The Kier molecular flexibility index (Phi) is 6.33. The Bertz CT molecular complexity index is 1380. The average Bonchev–Trinajstić information content (AvgIpc) is 3.56. The summed E-state index contributed by atoms with van der Waals surface area (Å²) in [5, 5.41) is 2.72. The summed E-state index contributed by atoms with van der Waals surface area (Å²) in [5.41, 5.74) is 6.15. The molecule has 1 N–H and O–H groups in total. The molecule has 0 saturated heterocycles. The number of nitrogens with one attached hydrogen (secondary N) is 1. The number of hydrogen-bond acceptors (Lipinski definition) is 6. The van der Waals surface area contributed by atoms with Crippen LogP contribution in [0.3, 0.4) is 0 Å². The average molecular weight is 513 g/mol. The molecular formula is C30H28N2O6.